The van der Waals surface area contributed by atoms with Gasteiger partial charge in [0.15, 0.2) is 5.82 Å². The van der Waals surface area contributed by atoms with Gasteiger partial charge in [0, 0.05) is 90.6 Å². The van der Waals surface area contributed by atoms with Crippen molar-refractivity contribution in [1.82, 2.24) is 19.9 Å². The summed E-state index contributed by atoms with van der Waals surface area (Å²) in [7, 11) is 0. The molecule has 8 rings (SSSR count). The van der Waals surface area contributed by atoms with Crippen molar-refractivity contribution in [2.75, 3.05) is 0 Å². The molecular weight excluding hydrogens is 496 g/mol. The van der Waals surface area contributed by atoms with Gasteiger partial charge in [0.25, 0.3) is 0 Å². The van der Waals surface area contributed by atoms with Crippen LogP contribution in [-0.4, -0.2) is 42.8 Å². The Bertz CT molecular complexity index is 1400. The van der Waals surface area contributed by atoms with Crippen LogP contribution in [0.1, 0.15) is 50.1 Å². The first-order valence-electron chi connectivity index (χ1n) is 13.3. The zero-order valence-corrected chi connectivity index (χ0v) is 23.3. The van der Waals surface area contributed by atoms with E-state index >= 15 is 0 Å². The van der Waals surface area contributed by atoms with E-state index < -0.39 is 0 Å². The molecule has 0 saturated heterocycles. The minimum absolute atomic E-state index is 0.903. The molecule has 0 amide bonds. The Morgan fingerprint density at radius 1 is 0.475 bits per heavy atom. The Kier molecular flexibility index (Phi) is 8.35. The zero-order valence-electron chi connectivity index (χ0n) is 23.3. The zero-order chi connectivity index (χ0) is 27.9. The molecule has 4 aliphatic rings. The lowest BCUT2D eigenvalue weighted by Crippen LogP contribution is -1.90. The summed E-state index contributed by atoms with van der Waals surface area (Å²) in [5.41, 5.74) is 12.8. The molecule has 0 radical (unpaired) electrons. The lowest BCUT2D eigenvalue weighted by molar-refractivity contribution is 1.17. The second kappa shape index (κ2) is 12.4. The van der Waals surface area contributed by atoms with E-state index in [0.29, 0.717) is 0 Å². The first kappa shape index (κ1) is 26.9. The Labute approximate surface area is 234 Å². The van der Waals surface area contributed by atoms with Gasteiger partial charge in [-0.1, -0.05) is 6.07 Å². The summed E-state index contributed by atoms with van der Waals surface area (Å²) in [6.07, 6.45) is 14.8. The monoisotopic (exact) mass is 528 g/mol. The number of aliphatic imine (C=N–C) groups is 4. The molecule has 0 aliphatic carbocycles. The fraction of sp³-hybridized carbons (Fsp3) is 0.250. The van der Waals surface area contributed by atoms with Crippen molar-refractivity contribution in [1.29, 1.82) is 0 Å². The molecular formula is C32H32N8. The van der Waals surface area contributed by atoms with Gasteiger partial charge in [0.2, 0.25) is 0 Å². The van der Waals surface area contributed by atoms with Crippen LogP contribution in [0.4, 0.5) is 22.9 Å². The average molecular weight is 529 g/mol. The van der Waals surface area contributed by atoms with Crippen molar-refractivity contribution in [2.24, 2.45) is 20.0 Å². The van der Waals surface area contributed by atoms with E-state index in [1.807, 2.05) is 82.8 Å². The van der Waals surface area contributed by atoms with Gasteiger partial charge in [0.1, 0.15) is 0 Å². The van der Waals surface area contributed by atoms with E-state index in [9.17, 15) is 0 Å². The largest absolute Gasteiger partial charge is 0.264 e. The summed E-state index contributed by atoms with van der Waals surface area (Å²) < 4.78 is 0. The molecule has 200 valence electrons. The standard InChI is InChI=1S/4C8H8N2/c1-6-4-7-5-9-3-2-8(7)10-6;1-6-4-7-2-3-9-5-8(7)10-6;1-6-5-8-7(10-6)3-2-4-9-8;1-6-5-7-3-2-4-9-8(7)10-6/h2*2-3,5H,4H2,1H3;2*2-4H,5H2,1H3. The van der Waals surface area contributed by atoms with Gasteiger partial charge in [-0.2, -0.15) is 0 Å². The van der Waals surface area contributed by atoms with Crippen molar-refractivity contribution in [2.45, 2.75) is 53.4 Å². The van der Waals surface area contributed by atoms with Crippen LogP contribution < -0.4 is 0 Å². The molecule has 0 atom stereocenters. The van der Waals surface area contributed by atoms with Gasteiger partial charge in [-0.05, 0) is 63.6 Å². The molecule has 8 heteroatoms. The van der Waals surface area contributed by atoms with Crippen LogP contribution in [0.15, 0.2) is 93.5 Å². The van der Waals surface area contributed by atoms with Crippen molar-refractivity contribution in [3.63, 3.8) is 0 Å². The third kappa shape index (κ3) is 6.83. The summed E-state index contributed by atoms with van der Waals surface area (Å²) >= 11 is 0. The number of hydrogen-bond donors (Lipinski definition) is 0. The number of rotatable bonds is 0. The predicted octanol–water partition coefficient (Wildman–Crippen LogP) is 6.92. The number of nitrogens with zero attached hydrogens (tertiary/aromatic N) is 8. The second-order valence-corrected chi connectivity index (χ2v) is 10.1. The molecule has 0 unspecified atom stereocenters. The van der Waals surface area contributed by atoms with Gasteiger partial charge in [-0.25, -0.2) is 9.98 Å². The Balaban J connectivity index is 0.000000108. The van der Waals surface area contributed by atoms with Crippen LogP contribution >= 0.6 is 0 Å². The van der Waals surface area contributed by atoms with Crippen LogP contribution in [0.2, 0.25) is 0 Å². The first-order chi connectivity index (χ1) is 19.4. The molecule has 4 aliphatic heterocycles. The quantitative estimate of drug-likeness (QED) is 0.247. The van der Waals surface area contributed by atoms with E-state index in [0.717, 1.165) is 65.7 Å². The summed E-state index contributed by atoms with van der Waals surface area (Å²) in [5.74, 6) is 0.903. The Morgan fingerprint density at radius 3 is 1.88 bits per heavy atom. The van der Waals surface area contributed by atoms with Crippen LogP contribution in [0, 0.1) is 0 Å². The molecule has 0 fully saturated rings. The highest BCUT2D eigenvalue weighted by atomic mass is 14.9. The Hall–Kier alpha value is -4.72. The fourth-order valence-electron chi connectivity index (χ4n) is 4.69. The second-order valence-electron chi connectivity index (χ2n) is 10.1. The lowest BCUT2D eigenvalue weighted by Gasteiger charge is -1.90. The molecule has 4 aromatic heterocycles. The van der Waals surface area contributed by atoms with Crippen LogP contribution in [0.25, 0.3) is 0 Å². The van der Waals surface area contributed by atoms with E-state index in [-0.39, 0.29) is 0 Å². The number of fused-ring (bicyclic) bond motifs is 4. The Morgan fingerprint density at radius 2 is 1.10 bits per heavy atom. The van der Waals surface area contributed by atoms with Gasteiger partial charge in [-0.15, -0.1) is 0 Å². The topological polar surface area (TPSA) is 101 Å². The normalized spacial score (nSPS) is 14.7. The maximum atomic E-state index is 4.33. The minimum atomic E-state index is 0.903. The predicted molar refractivity (Wildman–Crippen MR) is 163 cm³/mol. The summed E-state index contributed by atoms with van der Waals surface area (Å²) in [6, 6.07) is 11.9. The molecule has 8 nitrogen and oxygen atoms in total. The number of pyridine rings is 4. The minimum Gasteiger partial charge on any atom is -0.264 e. The third-order valence-electron chi connectivity index (χ3n) is 6.49. The highest BCUT2D eigenvalue weighted by Crippen LogP contribution is 2.26. The molecule has 0 bridgehead atoms. The molecule has 4 aromatic rings. The van der Waals surface area contributed by atoms with Gasteiger partial charge in [0.05, 0.1) is 29.0 Å². The molecule has 0 aromatic carbocycles. The third-order valence-corrected chi connectivity index (χ3v) is 6.49. The van der Waals surface area contributed by atoms with Gasteiger partial charge >= 0.3 is 0 Å². The number of aromatic nitrogens is 4. The molecule has 8 heterocycles. The highest BCUT2D eigenvalue weighted by molar-refractivity contribution is 5.93. The van der Waals surface area contributed by atoms with E-state index in [1.54, 1.807) is 12.4 Å². The molecule has 0 saturated carbocycles. The first-order valence-corrected chi connectivity index (χ1v) is 13.3. The van der Waals surface area contributed by atoms with Crippen molar-refractivity contribution in [3.8, 4) is 0 Å². The maximum absolute atomic E-state index is 4.33. The van der Waals surface area contributed by atoms with Crippen molar-refractivity contribution in [3.05, 3.63) is 96.0 Å². The molecule has 0 N–H and O–H groups in total. The van der Waals surface area contributed by atoms with Gasteiger partial charge < -0.3 is 0 Å². The fourth-order valence-corrected chi connectivity index (χ4v) is 4.69. The summed E-state index contributed by atoms with van der Waals surface area (Å²) in [4.78, 5) is 33.5. The molecule has 0 spiro atoms. The molecule has 40 heavy (non-hydrogen) atoms. The maximum Gasteiger partial charge on any atom is 0.155 e. The average Bonchev–Trinajstić information content (AvgIpc) is 3.71. The van der Waals surface area contributed by atoms with Crippen LogP contribution in [0.5, 0.6) is 0 Å². The van der Waals surface area contributed by atoms with Crippen molar-refractivity contribution < 1.29 is 0 Å². The summed E-state index contributed by atoms with van der Waals surface area (Å²) in [5, 5.41) is 0. The summed E-state index contributed by atoms with van der Waals surface area (Å²) in [6.45, 7) is 8.14. The van der Waals surface area contributed by atoms with Crippen LogP contribution in [0.3, 0.4) is 0 Å². The van der Waals surface area contributed by atoms with Crippen molar-refractivity contribution >= 4 is 45.7 Å². The van der Waals surface area contributed by atoms with E-state index in [4.69, 9.17) is 0 Å². The van der Waals surface area contributed by atoms with E-state index in [2.05, 4.69) is 46.0 Å². The SMILES string of the molecule is CC1=Nc2cccnc2C1.CC1=Nc2ccncc2C1.CC1=Nc2cnccc2C1.CC1=Nc2ncccc2C1. The van der Waals surface area contributed by atoms with Gasteiger partial charge in [-0.3, -0.25) is 29.9 Å². The lowest BCUT2D eigenvalue weighted by atomic mass is 10.2. The smallest absolute Gasteiger partial charge is 0.155 e. The van der Waals surface area contributed by atoms with E-state index in [1.165, 1.54) is 28.1 Å². The highest BCUT2D eigenvalue weighted by Gasteiger charge is 2.12. The van der Waals surface area contributed by atoms with Crippen LogP contribution in [-0.2, 0) is 25.7 Å². The number of hydrogen-bond acceptors (Lipinski definition) is 8.